The van der Waals surface area contributed by atoms with Gasteiger partial charge in [-0.1, -0.05) is 173 Å². The van der Waals surface area contributed by atoms with E-state index in [1.54, 1.807) is 0 Å². The van der Waals surface area contributed by atoms with Gasteiger partial charge in [0.25, 0.3) is 0 Å². The standard InChI is InChI=1S/C31H63NO/c1-2-3-4-5-6-7-8-9-10-11-12-13-14-15-16-17-18-19-20-21-22-23-24-25-26-27-28-29-31(33)30-32/h28-29,31,33H,2-27,30,32H2,1H3. The van der Waals surface area contributed by atoms with Crippen LogP contribution in [0.25, 0.3) is 0 Å². The van der Waals surface area contributed by atoms with Crippen molar-refractivity contribution in [3.05, 3.63) is 12.2 Å². The molecule has 33 heavy (non-hydrogen) atoms. The van der Waals surface area contributed by atoms with Crippen molar-refractivity contribution < 1.29 is 5.11 Å². The molecule has 0 heterocycles. The third-order valence-electron chi connectivity index (χ3n) is 7.07. The van der Waals surface area contributed by atoms with Gasteiger partial charge in [-0.05, 0) is 12.8 Å². The largest absolute Gasteiger partial charge is 0.388 e. The summed E-state index contributed by atoms with van der Waals surface area (Å²) in [7, 11) is 0. The van der Waals surface area contributed by atoms with Gasteiger partial charge in [0.05, 0.1) is 6.10 Å². The minimum Gasteiger partial charge on any atom is -0.388 e. The molecule has 2 nitrogen and oxygen atoms in total. The van der Waals surface area contributed by atoms with Gasteiger partial charge in [0.1, 0.15) is 0 Å². The first-order chi connectivity index (χ1) is 16.3. The van der Waals surface area contributed by atoms with Gasteiger partial charge in [-0.25, -0.2) is 0 Å². The predicted molar refractivity (Wildman–Crippen MR) is 150 cm³/mol. The predicted octanol–water partition coefficient (Wildman–Crippen LogP) is 10.0. The maximum absolute atomic E-state index is 9.34. The highest BCUT2D eigenvalue weighted by molar-refractivity contribution is 4.88. The van der Waals surface area contributed by atoms with Crippen molar-refractivity contribution in [2.24, 2.45) is 5.73 Å². The second-order valence-electron chi connectivity index (χ2n) is 10.5. The number of allylic oxidation sites excluding steroid dienone is 1. The summed E-state index contributed by atoms with van der Waals surface area (Å²) in [5.41, 5.74) is 5.38. The third-order valence-corrected chi connectivity index (χ3v) is 7.07. The number of rotatable bonds is 28. The fourth-order valence-electron chi connectivity index (χ4n) is 4.73. The topological polar surface area (TPSA) is 46.2 Å². The highest BCUT2D eigenvalue weighted by Gasteiger charge is 1.96. The molecule has 1 unspecified atom stereocenters. The van der Waals surface area contributed by atoms with E-state index in [0.29, 0.717) is 6.54 Å². The Morgan fingerprint density at radius 2 is 0.758 bits per heavy atom. The Balaban J connectivity index is 3.04. The molecule has 0 aromatic heterocycles. The van der Waals surface area contributed by atoms with Crippen LogP contribution in [0.1, 0.15) is 174 Å². The molecule has 1 atom stereocenters. The molecular weight excluding hydrogens is 402 g/mol. The van der Waals surface area contributed by atoms with E-state index >= 15 is 0 Å². The van der Waals surface area contributed by atoms with Gasteiger partial charge in [0, 0.05) is 6.54 Å². The number of hydrogen-bond acceptors (Lipinski definition) is 2. The lowest BCUT2D eigenvalue weighted by molar-refractivity contribution is 0.231. The maximum atomic E-state index is 9.34. The van der Waals surface area contributed by atoms with Crippen LogP contribution in [0.2, 0.25) is 0 Å². The van der Waals surface area contributed by atoms with Crippen molar-refractivity contribution in [1.82, 2.24) is 0 Å². The summed E-state index contributed by atoms with van der Waals surface area (Å²) in [5.74, 6) is 0. The van der Waals surface area contributed by atoms with Gasteiger partial charge < -0.3 is 10.8 Å². The van der Waals surface area contributed by atoms with Crippen LogP contribution in [0.5, 0.6) is 0 Å². The number of nitrogens with two attached hydrogens (primary N) is 1. The van der Waals surface area contributed by atoms with Crippen molar-refractivity contribution in [2.75, 3.05) is 6.54 Å². The van der Waals surface area contributed by atoms with Gasteiger partial charge in [0.2, 0.25) is 0 Å². The average Bonchev–Trinajstić information content (AvgIpc) is 2.83. The van der Waals surface area contributed by atoms with Crippen LogP contribution in [-0.2, 0) is 0 Å². The maximum Gasteiger partial charge on any atom is 0.0843 e. The fourth-order valence-corrected chi connectivity index (χ4v) is 4.73. The Morgan fingerprint density at radius 1 is 0.485 bits per heavy atom. The van der Waals surface area contributed by atoms with Crippen molar-refractivity contribution >= 4 is 0 Å². The molecule has 0 amide bonds. The molecule has 3 N–H and O–H groups in total. The summed E-state index contributed by atoms with van der Waals surface area (Å²) in [6.45, 7) is 2.63. The molecule has 2 heteroatoms. The molecule has 0 aliphatic heterocycles. The molecule has 0 aliphatic carbocycles. The van der Waals surface area contributed by atoms with Crippen molar-refractivity contribution in [3.8, 4) is 0 Å². The molecule has 0 rings (SSSR count). The van der Waals surface area contributed by atoms with Crippen molar-refractivity contribution in [3.63, 3.8) is 0 Å². The first-order valence-corrected chi connectivity index (χ1v) is 15.4. The number of unbranched alkanes of at least 4 members (excludes halogenated alkanes) is 25. The van der Waals surface area contributed by atoms with E-state index in [4.69, 9.17) is 5.73 Å². The van der Waals surface area contributed by atoms with Crippen molar-refractivity contribution in [2.45, 2.75) is 180 Å². The highest BCUT2D eigenvalue weighted by atomic mass is 16.3. The Kier molecular flexibility index (Phi) is 29.4. The lowest BCUT2D eigenvalue weighted by Gasteiger charge is -2.04. The lowest BCUT2D eigenvalue weighted by atomic mass is 10.0. The second-order valence-corrected chi connectivity index (χ2v) is 10.5. The molecular formula is C31H63NO. The van der Waals surface area contributed by atoms with E-state index < -0.39 is 6.10 Å². The first kappa shape index (κ1) is 32.7. The van der Waals surface area contributed by atoms with E-state index in [9.17, 15) is 5.11 Å². The van der Waals surface area contributed by atoms with Gasteiger partial charge >= 0.3 is 0 Å². The Bertz CT molecular complexity index is 368. The molecule has 0 aromatic carbocycles. The van der Waals surface area contributed by atoms with Gasteiger partial charge in [-0.15, -0.1) is 0 Å². The van der Waals surface area contributed by atoms with Gasteiger partial charge in [-0.2, -0.15) is 0 Å². The summed E-state index contributed by atoms with van der Waals surface area (Å²) in [4.78, 5) is 0. The summed E-state index contributed by atoms with van der Waals surface area (Å²) in [6.07, 6.45) is 40.5. The summed E-state index contributed by atoms with van der Waals surface area (Å²) >= 11 is 0. The van der Waals surface area contributed by atoms with Crippen LogP contribution in [0, 0.1) is 0 Å². The van der Waals surface area contributed by atoms with Crippen LogP contribution < -0.4 is 5.73 Å². The zero-order chi connectivity index (χ0) is 24.1. The summed E-state index contributed by atoms with van der Waals surface area (Å²) in [5, 5.41) is 9.34. The normalized spacial score (nSPS) is 12.7. The Labute approximate surface area is 209 Å². The Hall–Kier alpha value is -0.340. The summed E-state index contributed by atoms with van der Waals surface area (Å²) < 4.78 is 0. The minimum atomic E-state index is -0.454. The van der Waals surface area contributed by atoms with Crippen LogP contribution >= 0.6 is 0 Å². The van der Waals surface area contributed by atoms with Crippen LogP contribution in [-0.4, -0.2) is 17.8 Å². The second kappa shape index (κ2) is 29.7. The van der Waals surface area contributed by atoms with E-state index in [2.05, 4.69) is 13.0 Å². The van der Waals surface area contributed by atoms with E-state index in [-0.39, 0.29) is 0 Å². The SMILES string of the molecule is CCCCCCCCCCCCCCCCCCCCCCCCCCCC=CC(O)CN. The van der Waals surface area contributed by atoms with E-state index in [1.807, 2.05) is 6.08 Å². The molecule has 0 aliphatic rings. The smallest absolute Gasteiger partial charge is 0.0843 e. The monoisotopic (exact) mass is 465 g/mol. The Morgan fingerprint density at radius 3 is 1.03 bits per heavy atom. The number of aliphatic hydroxyl groups is 1. The molecule has 0 aromatic rings. The molecule has 0 saturated heterocycles. The van der Waals surface area contributed by atoms with Crippen LogP contribution in [0.15, 0.2) is 12.2 Å². The first-order valence-electron chi connectivity index (χ1n) is 15.4. The number of hydrogen-bond donors (Lipinski definition) is 2. The summed E-state index contributed by atoms with van der Waals surface area (Å²) in [6, 6.07) is 0. The fraction of sp³-hybridized carbons (Fsp3) is 0.935. The molecule has 0 spiro atoms. The third kappa shape index (κ3) is 29.6. The quantitative estimate of drug-likeness (QED) is 0.0891. The van der Waals surface area contributed by atoms with Crippen LogP contribution in [0.3, 0.4) is 0 Å². The van der Waals surface area contributed by atoms with Crippen LogP contribution in [0.4, 0.5) is 0 Å². The average molecular weight is 466 g/mol. The van der Waals surface area contributed by atoms with E-state index in [0.717, 1.165) is 6.42 Å². The minimum absolute atomic E-state index is 0.329. The molecule has 0 saturated carbocycles. The van der Waals surface area contributed by atoms with Crippen molar-refractivity contribution in [1.29, 1.82) is 0 Å². The molecule has 0 bridgehead atoms. The zero-order valence-corrected chi connectivity index (χ0v) is 22.8. The number of aliphatic hydroxyl groups excluding tert-OH is 1. The lowest BCUT2D eigenvalue weighted by Crippen LogP contribution is -2.16. The van der Waals surface area contributed by atoms with Gasteiger partial charge in [-0.3, -0.25) is 0 Å². The zero-order valence-electron chi connectivity index (χ0n) is 22.8. The molecule has 0 radical (unpaired) electrons. The highest BCUT2D eigenvalue weighted by Crippen LogP contribution is 2.16. The van der Waals surface area contributed by atoms with Gasteiger partial charge in [0.15, 0.2) is 0 Å². The molecule has 0 fully saturated rings. The van der Waals surface area contributed by atoms with E-state index in [1.165, 1.54) is 161 Å². The molecule has 198 valence electrons.